The van der Waals surface area contributed by atoms with Crippen molar-refractivity contribution in [1.29, 1.82) is 0 Å². The normalized spacial score (nSPS) is 10.3. The Morgan fingerprint density at radius 2 is 2.17 bits per heavy atom. The van der Waals surface area contributed by atoms with Crippen LogP contribution in [0.1, 0.15) is 11.3 Å². The lowest BCUT2D eigenvalue weighted by Gasteiger charge is -2.08. The van der Waals surface area contributed by atoms with Crippen molar-refractivity contribution < 1.29 is 9.32 Å². The molecule has 2 aromatic rings. The van der Waals surface area contributed by atoms with E-state index < -0.39 is 0 Å². The molecule has 0 bridgehead atoms. The SMILES string of the molecule is Cc1ccccc1NC(=O)CNCc1ccno1. The molecule has 2 N–H and O–H groups in total. The van der Waals surface area contributed by atoms with Gasteiger partial charge in [-0.2, -0.15) is 0 Å². The highest BCUT2D eigenvalue weighted by Gasteiger charge is 2.04. The van der Waals surface area contributed by atoms with E-state index in [4.69, 9.17) is 4.52 Å². The van der Waals surface area contributed by atoms with Crippen LogP contribution < -0.4 is 10.6 Å². The fraction of sp³-hybridized carbons (Fsp3) is 0.231. The molecule has 0 fully saturated rings. The number of para-hydroxylation sites is 1. The molecule has 0 aliphatic rings. The van der Waals surface area contributed by atoms with Crippen LogP contribution >= 0.6 is 0 Å². The summed E-state index contributed by atoms with van der Waals surface area (Å²) in [5.74, 6) is 0.627. The van der Waals surface area contributed by atoms with Gasteiger partial charge >= 0.3 is 0 Å². The summed E-state index contributed by atoms with van der Waals surface area (Å²) in [5.41, 5.74) is 1.88. The molecule has 5 heteroatoms. The van der Waals surface area contributed by atoms with E-state index in [1.165, 1.54) is 0 Å². The van der Waals surface area contributed by atoms with E-state index in [2.05, 4.69) is 15.8 Å². The smallest absolute Gasteiger partial charge is 0.238 e. The molecule has 1 aromatic heterocycles. The lowest BCUT2D eigenvalue weighted by atomic mass is 10.2. The first kappa shape index (κ1) is 12.3. The van der Waals surface area contributed by atoms with E-state index >= 15 is 0 Å². The van der Waals surface area contributed by atoms with Gasteiger partial charge in [-0.05, 0) is 18.6 Å². The summed E-state index contributed by atoms with van der Waals surface area (Å²) in [5, 5.41) is 9.41. The molecular formula is C13H15N3O2. The van der Waals surface area contributed by atoms with Gasteiger partial charge in [0.2, 0.25) is 5.91 Å². The minimum Gasteiger partial charge on any atom is -0.360 e. The molecule has 0 saturated carbocycles. The zero-order valence-electron chi connectivity index (χ0n) is 10.1. The van der Waals surface area contributed by atoms with Gasteiger partial charge in [0.05, 0.1) is 19.3 Å². The van der Waals surface area contributed by atoms with Crippen molar-refractivity contribution in [2.24, 2.45) is 0 Å². The van der Waals surface area contributed by atoms with Crippen LogP contribution in [0, 0.1) is 6.92 Å². The van der Waals surface area contributed by atoms with Gasteiger partial charge in [0.25, 0.3) is 0 Å². The summed E-state index contributed by atoms with van der Waals surface area (Å²) < 4.78 is 4.91. The van der Waals surface area contributed by atoms with E-state index in [1.54, 1.807) is 12.3 Å². The van der Waals surface area contributed by atoms with Crippen molar-refractivity contribution in [3.05, 3.63) is 47.9 Å². The Labute approximate surface area is 105 Å². The second-order valence-corrected chi connectivity index (χ2v) is 3.95. The van der Waals surface area contributed by atoms with E-state index in [0.29, 0.717) is 12.3 Å². The molecule has 94 valence electrons. The van der Waals surface area contributed by atoms with E-state index in [1.807, 2.05) is 31.2 Å². The number of anilines is 1. The first-order valence-corrected chi connectivity index (χ1v) is 5.71. The highest BCUT2D eigenvalue weighted by Crippen LogP contribution is 2.12. The van der Waals surface area contributed by atoms with Crippen LogP contribution in [0.2, 0.25) is 0 Å². The molecule has 1 heterocycles. The predicted molar refractivity (Wildman–Crippen MR) is 68.0 cm³/mol. The van der Waals surface area contributed by atoms with Crippen molar-refractivity contribution in [2.75, 3.05) is 11.9 Å². The summed E-state index contributed by atoms with van der Waals surface area (Å²) in [4.78, 5) is 11.7. The number of benzene rings is 1. The van der Waals surface area contributed by atoms with Gasteiger partial charge in [-0.25, -0.2) is 0 Å². The van der Waals surface area contributed by atoms with Gasteiger partial charge < -0.3 is 15.2 Å². The van der Waals surface area contributed by atoms with Gasteiger partial charge in [-0.15, -0.1) is 0 Å². The molecule has 0 aliphatic carbocycles. The van der Waals surface area contributed by atoms with Crippen LogP contribution in [0.15, 0.2) is 41.1 Å². The lowest BCUT2D eigenvalue weighted by Crippen LogP contribution is -2.27. The number of aryl methyl sites for hydroxylation is 1. The summed E-state index contributed by atoms with van der Waals surface area (Å²) in [6, 6.07) is 9.42. The Morgan fingerprint density at radius 1 is 1.33 bits per heavy atom. The third-order valence-electron chi connectivity index (χ3n) is 2.50. The summed E-state index contributed by atoms with van der Waals surface area (Å²) in [7, 11) is 0. The summed E-state index contributed by atoms with van der Waals surface area (Å²) in [6.07, 6.45) is 1.57. The Morgan fingerprint density at radius 3 is 2.89 bits per heavy atom. The topological polar surface area (TPSA) is 67.2 Å². The fourth-order valence-electron chi connectivity index (χ4n) is 1.54. The number of amides is 1. The van der Waals surface area contributed by atoms with Crippen molar-refractivity contribution in [2.45, 2.75) is 13.5 Å². The van der Waals surface area contributed by atoms with E-state index in [0.717, 1.165) is 11.3 Å². The van der Waals surface area contributed by atoms with Gasteiger partial charge in [-0.3, -0.25) is 4.79 Å². The van der Waals surface area contributed by atoms with Crippen LogP contribution in [0.4, 0.5) is 5.69 Å². The molecule has 0 atom stereocenters. The van der Waals surface area contributed by atoms with Gasteiger partial charge in [0.15, 0.2) is 0 Å². The third-order valence-corrected chi connectivity index (χ3v) is 2.50. The number of nitrogens with zero attached hydrogens (tertiary/aromatic N) is 1. The quantitative estimate of drug-likeness (QED) is 0.841. The fourth-order valence-corrected chi connectivity index (χ4v) is 1.54. The Kier molecular flexibility index (Phi) is 4.09. The van der Waals surface area contributed by atoms with Gasteiger partial charge in [0, 0.05) is 11.8 Å². The molecular weight excluding hydrogens is 230 g/mol. The number of hydrogen-bond acceptors (Lipinski definition) is 4. The predicted octanol–water partition coefficient (Wildman–Crippen LogP) is 1.71. The van der Waals surface area contributed by atoms with Crippen LogP contribution in [-0.4, -0.2) is 17.6 Å². The molecule has 0 unspecified atom stereocenters. The van der Waals surface area contributed by atoms with Crippen molar-refractivity contribution in [3.8, 4) is 0 Å². The number of carbonyl (C=O) groups excluding carboxylic acids is 1. The molecule has 1 aromatic carbocycles. The maximum absolute atomic E-state index is 11.7. The third kappa shape index (κ3) is 3.43. The zero-order chi connectivity index (χ0) is 12.8. The van der Waals surface area contributed by atoms with Gasteiger partial charge in [0.1, 0.15) is 5.76 Å². The van der Waals surface area contributed by atoms with Crippen LogP contribution in [-0.2, 0) is 11.3 Å². The van der Waals surface area contributed by atoms with Crippen LogP contribution in [0.25, 0.3) is 0 Å². The summed E-state index contributed by atoms with van der Waals surface area (Å²) in [6.45, 7) is 2.67. The molecule has 2 rings (SSSR count). The molecule has 0 aliphatic heterocycles. The lowest BCUT2D eigenvalue weighted by molar-refractivity contribution is -0.115. The molecule has 1 amide bonds. The molecule has 0 radical (unpaired) electrons. The van der Waals surface area contributed by atoms with E-state index in [9.17, 15) is 4.79 Å². The number of hydrogen-bond donors (Lipinski definition) is 2. The number of aromatic nitrogens is 1. The Balaban J connectivity index is 1.77. The minimum atomic E-state index is -0.0798. The zero-order valence-corrected chi connectivity index (χ0v) is 10.1. The van der Waals surface area contributed by atoms with Crippen LogP contribution in [0.3, 0.4) is 0 Å². The standard InChI is InChI=1S/C13H15N3O2/c1-10-4-2-3-5-12(10)16-13(17)9-14-8-11-6-7-15-18-11/h2-7,14H,8-9H2,1H3,(H,16,17). The Bertz CT molecular complexity index is 509. The molecule has 0 saturated heterocycles. The first-order valence-electron chi connectivity index (χ1n) is 5.71. The van der Waals surface area contributed by atoms with Crippen molar-refractivity contribution in [3.63, 3.8) is 0 Å². The van der Waals surface area contributed by atoms with Crippen LogP contribution in [0.5, 0.6) is 0 Å². The highest BCUT2D eigenvalue weighted by molar-refractivity contribution is 5.92. The average Bonchev–Trinajstić information content (AvgIpc) is 2.85. The highest BCUT2D eigenvalue weighted by atomic mass is 16.5. The van der Waals surface area contributed by atoms with E-state index in [-0.39, 0.29) is 12.5 Å². The molecule has 18 heavy (non-hydrogen) atoms. The largest absolute Gasteiger partial charge is 0.360 e. The van der Waals surface area contributed by atoms with Crippen molar-refractivity contribution in [1.82, 2.24) is 10.5 Å². The second-order valence-electron chi connectivity index (χ2n) is 3.95. The van der Waals surface area contributed by atoms with Gasteiger partial charge in [-0.1, -0.05) is 23.4 Å². The first-order chi connectivity index (χ1) is 8.75. The number of carbonyl (C=O) groups is 1. The Hall–Kier alpha value is -2.14. The second kappa shape index (κ2) is 5.97. The summed E-state index contributed by atoms with van der Waals surface area (Å²) >= 11 is 0. The molecule has 5 nitrogen and oxygen atoms in total. The molecule has 0 spiro atoms. The maximum Gasteiger partial charge on any atom is 0.238 e. The minimum absolute atomic E-state index is 0.0798. The maximum atomic E-state index is 11.7. The number of nitrogens with one attached hydrogen (secondary N) is 2. The van der Waals surface area contributed by atoms with Crippen molar-refractivity contribution >= 4 is 11.6 Å². The number of rotatable bonds is 5. The average molecular weight is 245 g/mol. The monoisotopic (exact) mass is 245 g/mol.